The number of hydrogen-bond acceptors (Lipinski definition) is 4. The SMILES string of the molecule is COc1ccc(CCN2C=C(C(=O)O)C(c3ccccc3)C(C(=O)O)=C2)cc1. The summed E-state index contributed by atoms with van der Waals surface area (Å²) in [7, 11) is 1.60. The van der Waals surface area contributed by atoms with Gasteiger partial charge in [-0.1, -0.05) is 42.5 Å². The first kappa shape index (κ1) is 19.2. The quantitative estimate of drug-likeness (QED) is 0.768. The van der Waals surface area contributed by atoms with Crippen LogP contribution >= 0.6 is 0 Å². The maximum atomic E-state index is 11.9. The third-order valence-electron chi connectivity index (χ3n) is 4.68. The lowest BCUT2D eigenvalue weighted by atomic mass is 9.83. The molecule has 0 aliphatic carbocycles. The Morgan fingerprint density at radius 3 is 2.00 bits per heavy atom. The monoisotopic (exact) mass is 379 g/mol. The number of rotatable bonds is 7. The summed E-state index contributed by atoms with van der Waals surface area (Å²) < 4.78 is 5.14. The van der Waals surface area contributed by atoms with Gasteiger partial charge in [-0.2, -0.15) is 0 Å². The molecule has 3 rings (SSSR count). The number of ether oxygens (including phenoxy) is 1. The van der Waals surface area contributed by atoms with E-state index in [1.807, 2.05) is 30.3 Å². The van der Waals surface area contributed by atoms with Crippen molar-refractivity contribution in [2.45, 2.75) is 12.3 Å². The Hall–Kier alpha value is -3.54. The molecule has 0 fully saturated rings. The molecule has 6 nitrogen and oxygen atoms in total. The fourth-order valence-electron chi connectivity index (χ4n) is 3.25. The van der Waals surface area contributed by atoms with Crippen LogP contribution in [0.25, 0.3) is 0 Å². The highest BCUT2D eigenvalue weighted by atomic mass is 16.5. The van der Waals surface area contributed by atoms with Crippen LogP contribution in [0.3, 0.4) is 0 Å². The van der Waals surface area contributed by atoms with E-state index in [4.69, 9.17) is 4.74 Å². The lowest BCUT2D eigenvalue weighted by Gasteiger charge is -2.29. The molecule has 0 saturated heterocycles. The Kier molecular flexibility index (Phi) is 5.79. The number of carbonyl (C=O) groups is 2. The van der Waals surface area contributed by atoms with Crippen LogP contribution in [0, 0.1) is 0 Å². The Bertz CT molecular complexity index is 884. The smallest absolute Gasteiger partial charge is 0.334 e. The van der Waals surface area contributed by atoms with Crippen LogP contribution in [0.2, 0.25) is 0 Å². The summed E-state index contributed by atoms with van der Waals surface area (Å²) in [4.78, 5) is 25.4. The van der Waals surface area contributed by atoms with Crippen LogP contribution in [-0.2, 0) is 16.0 Å². The molecule has 0 bridgehead atoms. The summed E-state index contributed by atoms with van der Waals surface area (Å²) in [6.07, 6.45) is 3.68. The van der Waals surface area contributed by atoms with Crippen molar-refractivity contribution in [1.29, 1.82) is 0 Å². The van der Waals surface area contributed by atoms with Gasteiger partial charge < -0.3 is 19.8 Å². The first-order valence-electron chi connectivity index (χ1n) is 8.83. The van der Waals surface area contributed by atoms with E-state index in [0.717, 1.165) is 11.3 Å². The molecular weight excluding hydrogens is 358 g/mol. The predicted octanol–water partition coefficient (Wildman–Crippen LogP) is 3.27. The van der Waals surface area contributed by atoms with Gasteiger partial charge in [0.1, 0.15) is 5.75 Å². The van der Waals surface area contributed by atoms with Gasteiger partial charge in [-0.25, -0.2) is 9.59 Å². The van der Waals surface area contributed by atoms with E-state index < -0.39 is 17.9 Å². The van der Waals surface area contributed by atoms with Gasteiger partial charge in [-0.3, -0.25) is 0 Å². The number of nitrogens with zero attached hydrogens (tertiary/aromatic N) is 1. The molecule has 2 N–H and O–H groups in total. The molecule has 6 heteroatoms. The van der Waals surface area contributed by atoms with E-state index in [-0.39, 0.29) is 11.1 Å². The summed E-state index contributed by atoms with van der Waals surface area (Å²) in [6.45, 7) is 0.460. The van der Waals surface area contributed by atoms with Gasteiger partial charge in [-0.15, -0.1) is 0 Å². The summed E-state index contributed by atoms with van der Waals surface area (Å²) >= 11 is 0. The molecule has 0 saturated carbocycles. The summed E-state index contributed by atoms with van der Waals surface area (Å²) in [5.41, 5.74) is 1.77. The highest BCUT2D eigenvalue weighted by Crippen LogP contribution is 2.36. The fourth-order valence-corrected chi connectivity index (χ4v) is 3.25. The van der Waals surface area contributed by atoms with Crippen LogP contribution < -0.4 is 4.74 Å². The average molecular weight is 379 g/mol. The van der Waals surface area contributed by atoms with Crippen molar-refractivity contribution >= 4 is 11.9 Å². The number of hydrogen-bond donors (Lipinski definition) is 2. The standard InChI is InChI=1S/C22H21NO5/c1-28-17-9-7-15(8-10-17)11-12-23-13-18(21(24)25)20(19(14-23)22(26)27)16-5-3-2-4-6-16/h2-10,13-14,20H,11-12H2,1H3,(H,24,25)(H,26,27). The van der Waals surface area contributed by atoms with Crippen molar-refractivity contribution in [1.82, 2.24) is 4.90 Å². The number of carboxylic acid groups (broad SMARTS) is 2. The fraction of sp³-hybridized carbons (Fsp3) is 0.182. The maximum absolute atomic E-state index is 11.9. The lowest BCUT2D eigenvalue weighted by molar-refractivity contribution is -0.133. The lowest BCUT2D eigenvalue weighted by Crippen LogP contribution is -2.28. The molecule has 2 aromatic rings. The van der Waals surface area contributed by atoms with Crippen molar-refractivity contribution in [3.05, 3.63) is 89.3 Å². The molecule has 1 heterocycles. The Morgan fingerprint density at radius 2 is 1.50 bits per heavy atom. The van der Waals surface area contributed by atoms with E-state index in [1.165, 1.54) is 12.4 Å². The topological polar surface area (TPSA) is 87.1 Å². The summed E-state index contributed by atoms with van der Waals surface area (Å²) in [5, 5.41) is 19.4. The van der Waals surface area contributed by atoms with Crippen LogP contribution in [0.15, 0.2) is 78.1 Å². The largest absolute Gasteiger partial charge is 0.497 e. The van der Waals surface area contributed by atoms with Gasteiger partial charge in [0.25, 0.3) is 0 Å². The van der Waals surface area contributed by atoms with Crippen molar-refractivity contribution < 1.29 is 24.5 Å². The van der Waals surface area contributed by atoms with Crippen LogP contribution in [-0.4, -0.2) is 40.7 Å². The summed E-state index contributed by atoms with van der Waals surface area (Å²) in [5.74, 6) is -2.31. The zero-order valence-electron chi connectivity index (χ0n) is 15.4. The molecule has 28 heavy (non-hydrogen) atoms. The molecule has 1 aliphatic rings. The minimum absolute atomic E-state index is 0.0424. The maximum Gasteiger partial charge on any atom is 0.334 e. The third-order valence-corrected chi connectivity index (χ3v) is 4.68. The van der Waals surface area contributed by atoms with E-state index in [1.54, 1.807) is 36.3 Å². The van der Waals surface area contributed by atoms with Gasteiger partial charge in [0.15, 0.2) is 0 Å². The van der Waals surface area contributed by atoms with Gasteiger partial charge >= 0.3 is 11.9 Å². The van der Waals surface area contributed by atoms with E-state index in [9.17, 15) is 19.8 Å². The van der Waals surface area contributed by atoms with Gasteiger partial charge in [0.2, 0.25) is 0 Å². The molecular formula is C22H21NO5. The van der Waals surface area contributed by atoms with Crippen molar-refractivity contribution in [2.75, 3.05) is 13.7 Å². The minimum Gasteiger partial charge on any atom is -0.497 e. The Balaban J connectivity index is 1.87. The van der Waals surface area contributed by atoms with E-state index in [0.29, 0.717) is 18.5 Å². The molecule has 0 radical (unpaired) electrons. The molecule has 0 aromatic heterocycles. The Morgan fingerprint density at radius 1 is 0.929 bits per heavy atom. The number of carboxylic acids is 2. The first-order chi connectivity index (χ1) is 13.5. The summed E-state index contributed by atoms with van der Waals surface area (Å²) in [6, 6.07) is 16.4. The molecule has 0 amide bonds. The molecule has 0 unspecified atom stereocenters. The molecule has 2 aromatic carbocycles. The van der Waals surface area contributed by atoms with Crippen LogP contribution in [0.4, 0.5) is 0 Å². The Labute approximate surface area is 163 Å². The zero-order valence-corrected chi connectivity index (χ0v) is 15.4. The van der Waals surface area contributed by atoms with Crippen LogP contribution in [0.5, 0.6) is 5.75 Å². The number of methoxy groups -OCH3 is 1. The highest BCUT2D eigenvalue weighted by molar-refractivity contribution is 5.97. The van der Waals surface area contributed by atoms with Crippen molar-refractivity contribution in [3.8, 4) is 5.75 Å². The van der Waals surface area contributed by atoms with Gasteiger partial charge in [0, 0.05) is 18.9 Å². The normalized spacial score (nSPS) is 14.2. The van der Waals surface area contributed by atoms with E-state index in [2.05, 4.69) is 0 Å². The first-order valence-corrected chi connectivity index (χ1v) is 8.83. The minimum atomic E-state index is -1.13. The number of benzene rings is 2. The van der Waals surface area contributed by atoms with Gasteiger partial charge in [-0.05, 0) is 29.7 Å². The molecule has 0 atom stereocenters. The number of aliphatic carboxylic acids is 2. The van der Waals surface area contributed by atoms with Gasteiger partial charge in [0.05, 0.1) is 24.2 Å². The van der Waals surface area contributed by atoms with E-state index >= 15 is 0 Å². The van der Waals surface area contributed by atoms with Crippen molar-refractivity contribution in [3.63, 3.8) is 0 Å². The van der Waals surface area contributed by atoms with Crippen LogP contribution in [0.1, 0.15) is 17.0 Å². The van der Waals surface area contributed by atoms with Crippen molar-refractivity contribution in [2.24, 2.45) is 0 Å². The second-order valence-electron chi connectivity index (χ2n) is 6.46. The third kappa shape index (κ3) is 4.23. The second kappa shape index (κ2) is 8.43. The molecule has 144 valence electrons. The molecule has 1 aliphatic heterocycles. The zero-order chi connectivity index (χ0) is 20.1. The highest BCUT2D eigenvalue weighted by Gasteiger charge is 2.33. The predicted molar refractivity (Wildman–Crippen MR) is 104 cm³/mol. The second-order valence-corrected chi connectivity index (χ2v) is 6.46. The molecule has 0 spiro atoms. The average Bonchev–Trinajstić information content (AvgIpc) is 2.72.